The summed E-state index contributed by atoms with van der Waals surface area (Å²) in [6.45, 7) is 11.3. The molecule has 0 N–H and O–H groups in total. The Balaban J connectivity index is 1.91. The summed E-state index contributed by atoms with van der Waals surface area (Å²) in [5, 5.41) is 4.75. The van der Waals surface area contributed by atoms with Crippen molar-refractivity contribution in [3.8, 4) is 0 Å². The zero-order valence-corrected chi connectivity index (χ0v) is 16.7. The average Bonchev–Trinajstić information content (AvgIpc) is 3.36. The van der Waals surface area contributed by atoms with Gasteiger partial charge in [0.1, 0.15) is 0 Å². The molecule has 1 fully saturated rings. The first-order valence-corrected chi connectivity index (χ1v) is 9.76. The van der Waals surface area contributed by atoms with Crippen LogP contribution in [0.1, 0.15) is 81.5 Å². The van der Waals surface area contributed by atoms with E-state index < -0.39 is 0 Å². The lowest BCUT2D eigenvalue weighted by atomic mass is 10.1. The van der Waals surface area contributed by atoms with Crippen molar-refractivity contribution in [3.63, 3.8) is 0 Å². The van der Waals surface area contributed by atoms with Gasteiger partial charge in [-0.3, -0.25) is 9.48 Å². The standard InChI is InChI=1S/C22H31N3O/c1-6-16(2)24(15-17-10-8-7-9-11-17)21(26)19-14-20(18-12-13-18)25(23-19)22(3,4)5/h7-11,14,16,18H,6,12-13,15H2,1-5H3/t16-/m1/s1. The van der Waals surface area contributed by atoms with Crippen LogP contribution < -0.4 is 0 Å². The fraction of sp³-hybridized carbons (Fsp3) is 0.545. The van der Waals surface area contributed by atoms with Crippen LogP contribution >= 0.6 is 0 Å². The van der Waals surface area contributed by atoms with Crippen LogP contribution in [0.3, 0.4) is 0 Å². The normalized spacial score (nSPS) is 15.7. The number of benzene rings is 1. The Labute approximate surface area is 157 Å². The van der Waals surface area contributed by atoms with Crippen molar-refractivity contribution in [1.82, 2.24) is 14.7 Å². The molecule has 0 spiro atoms. The van der Waals surface area contributed by atoms with Crippen LogP contribution in [-0.4, -0.2) is 26.6 Å². The van der Waals surface area contributed by atoms with E-state index in [1.807, 2.05) is 29.2 Å². The van der Waals surface area contributed by atoms with Crippen LogP contribution in [0.4, 0.5) is 0 Å². The van der Waals surface area contributed by atoms with Crippen LogP contribution in [0.5, 0.6) is 0 Å². The quantitative estimate of drug-likeness (QED) is 0.736. The number of carbonyl (C=O) groups is 1. The molecule has 1 saturated carbocycles. The van der Waals surface area contributed by atoms with Gasteiger partial charge in [-0.05, 0) is 58.6 Å². The first-order valence-electron chi connectivity index (χ1n) is 9.76. The number of nitrogens with zero attached hydrogens (tertiary/aromatic N) is 3. The summed E-state index contributed by atoms with van der Waals surface area (Å²) in [5.41, 5.74) is 2.83. The van der Waals surface area contributed by atoms with E-state index in [1.54, 1.807) is 0 Å². The molecule has 4 nitrogen and oxygen atoms in total. The molecule has 140 valence electrons. The summed E-state index contributed by atoms with van der Waals surface area (Å²) in [6, 6.07) is 12.4. The van der Waals surface area contributed by atoms with Crippen LogP contribution in [-0.2, 0) is 12.1 Å². The molecule has 1 aliphatic rings. The highest BCUT2D eigenvalue weighted by Crippen LogP contribution is 2.41. The molecular formula is C22H31N3O. The van der Waals surface area contributed by atoms with Crippen LogP contribution in [0.2, 0.25) is 0 Å². The second-order valence-corrected chi connectivity index (χ2v) is 8.49. The Hall–Kier alpha value is -2.10. The molecule has 1 amide bonds. The van der Waals surface area contributed by atoms with E-state index in [9.17, 15) is 4.79 Å². The molecule has 0 unspecified atom stereocenters. The molecule has 1 aromatic carbocycles. The van der Waals surface area contributed by atoms with Crippen molar-refractivity contribution in [3.05, 3.63) is 53.3 Å². The minimum atomic E-state index is -0.114. The van der Waals surface area contributed by atoms with Gasteiger partial charge in [0, 0.05) is 24.2 Å². The Kier molecular flexibility index (Phi) is 5.22. The first-order chi connectivity index (χ1) is 12.3. The van der Waals surface area contributed by atoms with E-state index in [4.69, 9.17) is 5.10 Å². The van der Waals surface area contributed by atoms with Crippen LogP contribution in [0, 0.1) is 0 Å². The van der Waals surface area contributed by atoms with Gasteiger partial charge in [0.25, 0.3) is 5.91 Å². The number of hydrogen-bond donors (Lipinski definition) is 0. The minimum Gasteiger partial charge on any atom is -0.330 e. The zero-order valence-electron chi connectivity index (χ0n) is 16.7. The van der Waals surface area contributed by atoms with E-state index in [0.29, 0.717) is 18.2 Å². The first kappa shape index (κ1) is 18.7. The maximum Gasteiger partial charge on any atom is 0.274 e. The number of amides is 1. The van der Waals surface area contributed by atoms with Crippen molar-refractivity contribution in [2.24, 2.45) is 0 Å². The monoisotopic (exact) mass is 353 g/mol. The molecule has 0 radical (unpaired) electrons. The smallest absolute Gasteiger partial charge is 0.274 e. The fourth-order valence-corrected chi connectivity index (χ4v) is 3.28. The number of hydrogen-bond acceptors (Lipinski definition) is 2. The lowest BCUT2D eigenvalue weighted by Gasteiger charge is -2.28. The molecule has 1 heterocycles. The van der Waals surface area contributed by atoms with Crippen molar-refractivity contribution in [2.75, 3.05) is 0 Å². The van der Waals surface area contributed by atoms with Gasteiger partial charge in [-0.25, -0.2) is 0 Å². The van der Waals surface area contributed by atoms with Crippen molar-refractivity contribution >= 4 is 5.91 Å². The molecule has 2 aromatic rings. The molecule has 1 atom stereocenters. The summed E-state index contributed by atoms with van der Waals surface area (Å²) in [6.07, 6.45) is 3.33. The maximum atomic E-state index is 13.3. The Morgan fingerprint density at radius 3 is 2.46 bits per heavy atom. The predicted molar refractivity (Wildman–Crippen MR) is 105 cm³/mol. The summed E-state index contributed by atoms with van der Waals surface area (Å²) < 4.78 is 2.06. The zero-order chi connectivity index (χ0) is 18.9. The number of rotatable bonds is 6. The van der Waals surface area contributed by atoms with Gasteiger partial charge in [-0.15, -0.1) is 0 Å². The Bertz CT molecular complexity index is 753. The molecule has 4 heteroatoms. The van der Waals surface area contributed by atoms with Crippen molar-refractivity contribution < 1.29 is 4.79 Å². The Morgan fingerprint density at radius 1 is 1.27 bits per heavy atom. The van der Waals surface area contributed by atoms with Gasteiger partial charge in [0.2, 0.25) is 0 Å². The number of carbonyl (C=O) groups excluding carboxylic acids is 1. The molecule has 0 bridgehead atoms. The SMILES string of the molecule is CC[C@@H](C)N(Cc1ccccc1)C(=O)c1cc(C2CC2)n(C(C)(C)C)n1. The molecular weight excluding hydrogens is 322 g/mol. The molecule has 1 aromatic heterocycles. The number of aromatic nitrogens is 2. The third kappa shape index (κ3) is 4.00. The van der Waals surface area contributed by atoms with Crippen LogP contribution in [0.15, 0.2) is 36.4 Å². The van der Waals surface area contributed by atoms with E-state index in [0.717, 1.165) is 12.0 Å². The fourth-order valence-electron chi connectivity index (χ4n) is 3.28. The van der Waals surface area contributed by atoms with E-state index in [2.05, 4.69) is 51.4 Å². The minimum absolute atomic E-state index is 0.0353. The molecule has 0 aliphatic heterocycles. The van der Waals surface area contributed by atoms with E-state index in [-0.39, 0.29) is 17.5 Å². The predicted octanol–water partition coefficient (Wildman–Crippen LogP) is 4.96. The van der Waals surface area contributed by atoms with Gasteiger partial charge in [0.15, 0.2) is 5.69 Å². The third-order valence-electron chi connectivity index (χ3n) is 5.17. The topological polar surface area (TPSA) is 38.1 Å². The molecule has 1 aliphatic carbocycles. The lowest BCUT2D eigenvalue weighted by molar-refractivity contribution is 0.0663. The average molecular weight is 354 g/mol. The third-order valence-corrected chi connectivity index (χ3v) is 5.17. The summed E-state index contributed by atoms with van der Waals surface area (Å²) in [5.74, 6) is 0.600. The van der Waals surface area contributed by atoms with E-state index >= 15 is 0 Å². The van der Waals surface area contributed by atoms with Crippen molar-refractivity contribution in [1.29, 1.82) is 0 Å². The van der Waals surface area contributed by atoms with Crippen LogP contribution in [0.25, 0.3) is 0 Å². The van der Waals surface area contributed by atoms with Gasteiger partial charge in [0.05, 0.1) is 5.54 Å². The molecule has 26 heavy (non-hydrogen) atoms. The second kappa shape index (κ2) is 7.26. The summed E-state index contributed by atoms with van der Waals surface area (Å²) in [4.78, 5) is 15.3. The van der Waals surface area contributed by atoms with Gasteiger partial charge in [-0.2, -0.15) is 5.10 Å². The lowest BCUT2D eigenvalue weighted by Crippen LogP contribution is -2.38. The van der Waals surface area contributed by atoms with Gasteiger partial charge in [-0.1, -0.05) is 37.3 Å². The summed E-state index contributed by atoms with van der Waals surface area (Å²) >= 11 is 0. The highest BCUT2D eigenvalue weighted by atomic mass is 16.2. The van der Waals surface area contributed by atoms with Gasteiger partial charge < -0.3 is 4.90 Å². The van der Waals surface area contributed by atoms with E-state index in [1.165, 1.54) is 18.5 Å². The van der Waals surface area contributed by atoms with Gasteiger partial charge >= 0.3 is 0 Å². The summed E-state index contributed by atoms with van der Waals surface area (Å²) in [7, 11) is 0. The largest absolute Gasteiger partial charge is 0.330 e. The highest BCUT2D eigenvalue weighted by Gasteiger charge is 2.33. The van der Waals surface area contributed by atoms with Crippen molar-refractivity contribution in [2.45, 2.75) is 77.9 Å². The second-order valence-electron chi connectivity index (χ2n) is 8.49. The highest BCUT2D eigenvalue weighted by molar-refractivity contribution is 5.92. The maximum absolute atomic E-state index is 13.3. The molecule has 3 rings (SSSR count). The molecule has 0 saturated heterocycles. The Morgan fingerprint density at radius 2 is 1.92 bits per heavy atom.